The van der Waals surface area contributed by atoms with Crippen molar-refractivity contribution in [3.05, 3.63) is 179 Å². The molecule has 3 heteroatoms. The van der Waals surface area contributed by atoms with E-state index in [4.69, 9.17) is 0 Å². The van der Waals surface area contributed by atoms with Crippen LogP contribution in [0.3, 0.4) is 0 Å². The van der Waals surface area contributed by atoms with Gasteiger partial charge in [0.25, 0.3) is 0 Å². The fourth-order valence-electron chi connectivity index (χ4n) is 4.64. The lowest BCUT2D eigenvalue weighted by atomic mass is 9.70. The molecule has 3 nitrogen and oxygen atoms in total. The van der Waals surface area contributed by atoms with Gasteiger partial charge in [-0.15, -0.1) is 0 Å². The zero-order valence-corrected chi connectivity index (χ0v) is 19.7. The maximum atomic E-state index is 13.7. The Morgan fingerprint density at radius 3 is 1.28 bits per heavy atom. The van der Waals surface area contributed by atoms with E-state index in [1.807, 2.05) is 133 Å². The molecular weight excluding hydrogens is 440 g/mol. The van der Waals surface area contributed by atoms with E-state index < -0.39 is 5.41 Å². The number of nitriles is 1. The Bertz CT molecular complexity index is 1420. The molecule has 0 heterocycles. The molecule has 5 aromatic rings. The van der Waals surface area contributed by atoms with E-state index in [1.165, 1.54) is 0 Å². The summed E-state index contributed by atoms with van der Waals surface area (Å²) < 4.78 is 0.966. The van der Waals surface area contributed by atoms with Gasteiger partial charge in [-0.2, -0.15) is 10.0 Å². The first-order valence-electron chi connectivity index (χ1n) is 11.8. The third kappa shape index (κ3) is 4.17. The summed E-state index contributed by atoms with van der Waals surface area (Å²) in [7, 11) is 0. The second-order valence-electron chi connectivity index (χ2n) is 8.52. The van der Waals surface area contributed by atoms with Crippen molar-refractivity contribution >= 4 is 11.4 Å². The molecule has 0 N–H and O–H groups in total. The average Bonchev–Trinajstić information content (AvgIpc) is 2.96. The van der Waals surface area contributed by atoms with Crippen LogP contribution in [0.5, 0.6) is 0 Å². The molecule has 0 aromatic heterocycles. The maximum absolute atomic E-state index is 13.7. The first kappa shape index (κ1) is 22.8. The predicted octanol–water partition coefficient (Wildman–Crippen LogP) is 7.22. The largest absolute Gasteiger partial charge is 0.618 e. The summed E-state index contributed by atoms with van der Waals surface area (Å²) in [5, 5.41) is 24.3. The molecule has 0 unspecified atom stereocenters. The van der Waals surface area contributed by atoms with Gasteiger partial charge in [0.1, 0.15) is 5.41 Å². The molecule has 0 spiro atoms. The molecule has 0 atom stereocenters. The van der Waals surface area contributed by atoms with Crippen LogP contribution in [0.15, 0.2) is 146 Å². The smallest absolute Gasteiger partial charge is 0.231 e. The van der Waals surface area contributed by atoms with Gasteiger partial charge in [-0.25, -0.2) is 0 Å². The van der Waals surface area contributed by atoms with Gasteiger partial charge in [0.15, 0.2) is 0 Å². The summed E-state index contributed by atoms with van der Waals surface area (Å²) in [5.74, 6) is 0. The zero-order chi connectivity index (χ0) is 24.8. The van der Waals surface area contributed by atoms with E-state index in [2.05, 4.69) is 6.07 Å². The zero-order valence-electron chi connectivity index (χ0n) is 19.7. The van der Waals surface area contributed by atoms with Crippen LogP contribution < -0.4 is 0 Å². The van der Waals surface area contributed by atoms with E-state index in [0.717, 1.165) is 32.6 Å². The van der Waals surface area contributed by atoms with Crippen molar-refractivity contribution in [2.24, 2.45) is 0 Å². The summed E-state index contributed by atoms with van der Waals surface area (Å²) in [6.45, 7) is 0. The Labute approximate surface area is 211 Å². The molecular formula is C33H24N2O. The van der Waals surface area contributed by atoms with Gasteiger partial charge in [0, 0.05) is 23.3 Å². The molecule has 0 radical (unpaired) electrons. The second-order valence-corrected chi connectivity index (χ2v) is 8.52. The highest BCUT2D eigenvalue weighted by molar-refractivity contribution is 6.10. The minimum Gasteiger partial charge on any atom is -0.618 e. The van der Waals surface area contributed by atoms with Gasteiger partial charge in [-0.1, -0.05) is 109 Å². The van der Waals surface area contributed by atoms with Crippen molar-refractivity contribution < 1.29 is 4.74 Å². The predicted molar refractivity (Wildman–Crippen MR) is 144 cm³/mol. The summed E-state index contributed by atoms with van der Waals surface area (Å²) in [4.78, 5) is 0. The van der Waals surface area contributed by atoms with E-state index in [9.17, 15) is 10.5 Å². The summed E-state index contributed by atoms with van der Waals surface area (Å²) in [6, 6.07) is 48.8. The summed E-state index contributed by atoms with van der Waals surface area (Å²) in [6.07, 6.45) is 0. The van der Waals surface area contributed by atoms with E-state index in [-0.39, 0.29) is 0 Å². The highest BCUT2D eigenvalue weighted by atomic mass is 16.5. The highest BCUT2D eigenvalue weighted by Gasteiger charge is 2.36. The van der Waals surface area contributed by atoms with Crippen LogP contribution in [0.1, 0.15) is 27.8 Å². The molecule has 0 aliphatic carbocycles. The van der Waals surface area contributed by atoms with Crippen LogP contribution in [0.25, 0.3) is 0 Å². The van der Waals surface area contributed by atoms with Crippen LogP contribution in [0.2, 0.25) is 0 Å². The molecule has 0 aliphatic heterocycles. The molecule has 5 aromatic carbocycles. The van der Waals surface area contributed by atoms with E-state index in [1.54, 1.807) is 12.1 Å². The molecule has 0 aliphatic rings. The Morgan fingerprint density at radius 2 is 0.889 bits per heavy atom. The van der Waals surface area contributed by atoms with Crippen LogP contribution in [0.4, 0.5) is 5.69 Å². The van der Waals surface area contributed by atoms with Gasteiger partial charge in [-0.05, 0) is 41.0 Å². The minimum atomic E-state index is -1.000. The van der Waals surface area contributed by atoms with Crippen molar-refractivity contribution in [3.63, 3.8) is 0 Å². The van der Waals surface area contributed by atoms with Crippen LogP contribution in [-0.4, -0.2) is 10.5 Å². The number of nitrogens with zero attached hydrogens (tertiary/aromatic N) is 2. The Balaban J connectivity index is 1.66. The molecule has 0 bridgehead atoms. The quantitative estimate of drug-likeness (QED) is 0.0875. The van der Waals surface area contributed by atoms with Gasteiger partial charge in [0.05, 0.1) is 6.07 Å². The van der Waals surface area contributed by atoms with Crippen molar-refractivity contribution in [2.45, 2.75) is 5.41 Å². The maximum Gasteiger partial charge on any atom is 0.231 e. The van der Waals surface area contributed by atoms with Gasteiger partial charge in [0.2, 0.25) is 11.4 Å². The lowest BCUT2D eigenvalue weighted by molar-refractivity contribution is -0.359. The number of rotatable bonds is 6. The normalized spacial score (nSPS) is 10.9. The average molecular weight is 465 g/mol. The standard InChI is InChI=1S/C33H24N2O/c34-25-33(28-17-9-3-10-18-28,29-19-11-4-12-20-29)30-21-23-31(24-22-30)35(36)32(26-13-5-1-6-14-26)27-15-7-2-8-16-27/h1-24H. The first-order valence-corrected chi connectivity index (χ1v) is 11.8. The Morgan fingerprint density at radius 1 is 0.528 bits per heavy atom. The topological polar surface area (TPSA) is 49.9 Å². The van der Waals surface area contributed by atoms with Crippen LogP contribution in [0, 0.1) is 16.5 Å². The van der Waals surface area contributed by atoms with Crippen molar-refractivity contribution in [1.82, 2.24) is 0 Å². The monoisotopic (exact) mass is 464 g/mol. The number of benzene rings is 5. The van der Waals surface area contributed by atoms with E-state index >= 15 is 0 Å². The van der Waals surface area contributed by atoms with Crippen molar-refractivity contribution in [1.29, 1.82) is 5.26 Å². The highest BCUT2D eigenvalue weighted by Crippen LogP contribution is 2.39. The van der Waals surface area contributed by atoms with Crippen LogP contribution in [-0.2, 0) is 5.41 Å². The number of hydrogen-bond acceptors (Lipinski definition) is 2. The fraction of sp³-hybridized carbons (Fsp3) is 0.0303. The molecule has 0 fully saturated rings. The minimum absolute atomic E-state index is 0.495. The van der Waals surface area contributed by atoms with Gasteiger partial charge < -0.3 is 5.21 Å². The van der Waals surface area contributed by atoms with Gasteiger partial charge in [-0.3, -0.25) is 0 Å². The van der Waals surface area contributed by atoms with E-state index in [0.29, 0.717) is 11.4 Å². The third-order valence-electron chi connectivity index (χ3n) is 6.41. The van der Waals surface area contributed by atoms with Crippen molar-refractivity contribution in [3.8, 4) is 6.07 Å². The molecule has 0 saturated carbocycles. The molecule has 5 rings (SSSR count). The molecule has 36 heavy (non-hydrogen) atoms. The fourth-order valence-corrected chi connectivity index (χ4v) is 4.64. The summed E-state index contributed by atoms with van der Waals surface area (Å²) in [5.41, 5.74) is 4.31. The van der Waals surface area contributed by atoms with Crippen molar-refractivity contribution in [2.75, 3.05) is 0 Å². The second kappa shape index (κ2) is 10.1. The molecule has 172 valence electrons. The third-order valence-corrected chi connectivity index (χ3v) is 6.41. The Kier molecular flexibility index (Phi) is 6.42. The van der Waals surface area contributed by atoms with Crippen LogP contribution >= 0.6 is 0 Å². The lowest BCUT2D eigenvalue weighted by Crippen LogP contribution is -2.27. The number of hydrogen-bond donors (Lipinski definition) is 0. The first-order chi connectivity index (χ1) is 17.7. The van der Waals surface area contributed by atoms with Gasteiger partial charge >= 0.3 is 0 Å². The molecule has 0 saturated heterocycles. The summed E-state index contributed by atoms with van der Waals surface area (Å²) >= 11 is 0. The Hall–Kier alpha value is -4.94. The lowest BCUT2D eigenvalue weighted by Gasteiger charge is -2.28. The molecule has 0 amide bonds. The SMILES string of the molecule is N#CC(c1ccccc1)(c1ccccc1)c1ccc([N+]([O-])=C(c2ccccc2)c2ccccc2)cc1.